The van der Waals surface area contributed by atoms with Gasteiger partial charge in [0.15, 0.2) is 0 Å². The van der Waals surface area contributed by atoms with E-state index in [1.807, 2.05) is 20.8 Å². The highest BCUT2D eigenvalue weighted by Gasteiger charge is 2.44. The number of rotatable bonds is 1. The molecule has 23 heavy (non-hydrogen) atoms. The molecule has 0 aromatic rings. The third kappa shape index (κ3) is 3.56. The summed E-state index contributed by atoms with van der Waals surface area (Å²) < 4.78 is 5.44. The number of hydrogen-bond acceptors (Lipinski definition) is 3. The van der Waals surface area contributed by atoms with Crippen molar-refractivity contribution in [2.75, 3.05) is 13.1 Å². The van der Waals surface area contributed by atoms with Crippen LogP contribution in [0.2, 0.25) is 0 Å². The molecule has 2 aliphatic heterocycles. The quantitative estimate of drug-likeness (QED) is 0.807. The molecular formula is C17H29N3O3. The van der Waals surface area contributed by atoms with Crippen LogP contribution in [0, 0.1) is 0 Å². The fourth-order valence-corrected chi connectivity index (χ4v) is 4.09. The van der Waals surface area contributed by atoms with E-state index in [0.29, 0.717) is 25.2 Å². The molecule has 0 aromatic carbocycles. The summed E-state index contributed by atoms with van der Waals surface area (Å²) in [5.41, 5.74) is -0.460. The highest BCUT2D eigenvalue weighted by Crippen LogP contribution is 2.32. The lowest BCUT2D eigenvalue weighted by Gasteiger charge is -2.40. The largest absolute Gasteiger partial charge is 0.444 e. The first-order valence-corrected chi connectivity index (χ1v) is 8.92. The average Bonchev–Trinajstić information content (AvgIpc) is 2.81. The summed E-state index contributed by atoms with van der Waals surface area (Å²) in [6, 6.07) is 1.04. The predicted molar refractivity (Wildman–Crippen MR) is 87.2 cm³/mol. The van der Waals surface area contributed by atoms with Crippen molar-refractivity contribution in [3.63, 3.8) is 0 Å². The van der Waals surface area contributed by atoms with E-state index < -0.39 is 5.60 Å². The fraction of sp³-hybridized carbons (Fsp3) is 0.882. The Kier molecular flexibility index (Phi) is 4.43. The van der Waals surface area contributed by atoms with Crippen LogP contribution in [0.3, 0.4) is 0 Å². The van der Waals surface area contributed by atoms with Crippen molar-refractivity contribution in [2.45, 2.75) is 83.0 Å². The molecule has 3 fully saturated rings. The third-order valence-corrected chi connectivity index (χ3v) is 5.14. The number of carbonyl (C=O) groups is 2. The van der Waals surface area contributed by atoms with Crippen molar-refractivity contribution in [1.82, 2.24) is 15.1 Å². The highest BCUT2D eigenvalue weighted by molar-refractivity contribution is 5.78. The van der Waals surface area contributed by atoms with E-state index in [9.17, 15) is 9.59 Å². The Labute approximate surface area is 138 Å². The van der Waals surface area contributed by atoms with Gasteiger partial charge >= 0.3 is 12.1 Å². The Morgan fingerprint density at radius 3 is 2.43 bits per heavy atom. The molecule has 0 radical (unpaired) electrons. The second-order valence-electron chi connectivity index (χ2n) is 8.01. The Hall–Kier alpha value is -1.46. The maximum absolute atomic E-state index is 12.4. The van der Waals surface area contributed by atoms with E-state index in [1.54, 1.807) is 4.90 Å². The summed E-state index contributed by atoms with van der Waals surface area (Å²) in [6.07, 6.45) is 6.08. The van der Waals surface area contributed by atoms with E-state index in [2.05, 4.69) is 10.2 Å². The Morgan fingerprint density at radius 2 is 1.78 bits per heavy atom. The number of carbonyl (C=O) groups excluding carboxylic acids is 2. The van der Waals surface area contributed by atoms with Crippen molar-refractivity contribution in [2.24, 2.45) is 0 Å². The number of nitrogens with one attached hydrogen (secondary N) is 1. The molecule has 6 heteroatoms. The lowest BCUT2D eigenvalue weighted by atomic mass is 9.89. The van der Waals surface area contributed by atoms with Gasteiger partial charge in [0, 0.05) is 19.1 Å². The van der Waals surface area contributed by atoms with Crippen LogP contribution < -0.4 is 5.32 Å². The van der Waals surface area contributed by atoms with Crippen molar-refractivity contribution in [3.8, 4) is 0 Å². The van der Waals surface area contributed by atoms with Gasteiger partial charge in [-0.3, -0.25) is 0 Å². The van der Waals surface area contributed by atoms with Crippen molar-refractivity contribution >= 4 is 12.1 Å². The molecule has 1 unspecified atom stereocenters. The van der Waals surface area contributed by atoms with Gasteiger partial charge < -0.3 is 19.9 Å². The van der Waals surface area contributed by atoms with Crippen LogP contribution in [-0.2, 0) is 4.74 Å². The van der Waals surface area contributed by atoms with Gasteiger partial charge in [-0.05, 0) is 46.5 Å². The van der Waals surface area contributed by atoms with Gasteiger partial charge in [0.05, 0.1) is 12.1 Å². The summed E-state index contributed by atoms with van der Waals surface area (Å²) in [5.74, 6) is 0. The number of ether oxygens (including phenoxy) is 1. The van der Waals surface area contributed by atoms with Gasteiger partial charge in [0.2, 0.25) is 0 Å². The molecule has 2 atom stereocenters. The van der Waals surface area contributed by atoms with E-state index in [1.165, 1.54) is 12.8 Å². The van der Waals surface area contributed by atoms with E-state index in [0.717, 1.165) is 25.7 Å². The average molecular weight is 323 g/mol. The maximum atomic E-state index is 12.4. The standard InChI is InChI=1S/C17H29N3O3/c1-17(2,3)23-16(22)19-10-8-12(9-11-19)20-14-7-5-4-6-13(14)18-15(20)21/h12-14H,4-11H2,1-3H3,(H,18,21)/t13?,14-/m0/s1. The van der Waals surface area contributed by atoms with Gasteiger partial charge in [0.1, 0.15) is 5.60 Å². The number of nitrogens with zero attached hydrogens (tertiary/aromatic N) is 2. The molecular weight excluding hydrogens is 294 g/mol. The normalized spacial score (nSPS) is 29.3. The second-order valence-corrected chi connectivity index (χ2v) is 8.01. The fourth-order valence-electron chi connectivity index (χ4n) is 4.09. The van der Waals surface area contributed by atoms with Crippen molar-refractivity contribution < 1.29 is 14.3 Å². The first-order chi connectivity index (χ1) is 10.8. The molecule has 0 bridgehead atoms. The molecule has 3 rings (SSSR count). The summed E-state index contributed by atoms with van der Waals surface area (Å²) in [5, 5.41) is 3.15. The van der Waals surface area contributed by atoms with Crippen LogP contribution in [0.15, 0.2) is 0 Å². The van der Waals surface area contributed by atoms with Gasteiger partial charge in [-0.25, -0.2) is 9.59 Å². The monoisotopic (exact) mass is 323 g/mol. The molecule has 1 saturated carbocycles. The van der Waals surface area contributed by atoms with Crippen LogP contribution in [-0.4, -0.2) is 58.7 Å². The molecule has 6 nitrogen and oxygen atoms in total. The number of urea groups is 1. The van der Waals surface area contributed by atoms with Gasteiger partial charge in [-0.2, -0.15) is 0 Å². The molecule has 2 saturated heterocycles. The van der Waals surface area contributed by atoms with Crippen LogP contribution in [0.5, 0.6) is 0 Å². The molecule has 3 amide bonds. The van der Waals surface area contributed by atoms with Crippen LogP contribution in [0.25, 0.3) is 0 Å². The number of piperidine rings is 1. The molecule has 2 heterocycles. The Morgan fingerprint density at radius 1 is 1.13 bits per heavy atom. The molecule has 3 aliphatic rings. The predicted octanol–water partition coefficient (Wildman–Crippen LogP) is 2.72. The molecule has 0 spiro atoms. The summed E-state index contributed by atoms with van der Waals surface area (Å²) >= 11 is 0. The lowest BCUT2D eigenvalue weighted by Crippen LogP contribution is -2.51. The molecule has 130 valence electrons. The molecule has 1 N–H and O–H groups in total. The van der Waals surface area contributed by atoms with Gasteiger partial charge in [-0.1, -0.05) is 12.8 Å². The number of hydrogen-bond donors (Lipinski definition) is 1. The molecule has 0 aromatic heterocycles. The minimum Gasteiger partial charge on any atom is -0.444 e. The number of likely N-dealkylation sites (tertiary alicyclic amines) is 1. The Bertz CT molecular complexity index is 466. The lowest BCUT2D eigenvalue weighted by molar-refractivity contribution is 0.0151. The zero-order valence-electron chi connectivity index (χ0n) is 14.5. The minimum absolute atomic E-state index is 0.0950. The summed E-state index contributed by atoms with van der Waals surface area (Å²) in [7, 11) is 0. The first-order valence-electron chi connectivity index (χ1n) is 8.92. The zero-order valence-corrected chi connectivity index (χ0v) is 14.5. The van der Waals surface area contributed by atoms with Gasteiger partial charge in [0.25, 0.3) is 0 Å². The maximum Gasteiger partial charge on any atom is 0.410 e. The summed E-state index contributed by atoms with van der Waals surface area (Å²) in [4.78, 5) is 28.3. The first kappa shape index (κ1) is 16.4. The van der Waals surface area contributed by atoms with Crippen LogP contribution >= 0.6 is 0 Å². The third-order valence-electron chi connectivity index (χ3n) is 5.14. The molecule has 1 aliphatic carbocycles. The minimum atomic E-state index is -0.460. The second kappa shape index (κ2) is 6.21. The number of fused-ring (bicyclic) bond motifs is 1. The SMILES string of the molecule is CC(C)(C)OC(=O)N1CCC(N2C(=O)NC3CCCC[C@@H]32)CC1. The van der Waals surface area contributed by atoms with Gasteiger partial charge in [-0.15, -0.1) is 0 Å². The van der Waals surface area contributed by atoms with Crippen molar-refractivity contribution in [1.29, 1.82) is 0 Å². The summed E-state index contributed by atoms with van der Waals surface area (Å²) in [6.45, 7) is 6.99. The van der Waals surface area contributed by atoms with E-state index >= 15 is 0 Å². The van der Waals surface area contributed by atoms with Crippen LogP contribution in [0.4, 0.5) is 9.59 Å². The van der Waals surface area contributed by atoms with E-state index in [4.69, 9.17) is 4.74 Å². The van der Waals surface area contributed by atoms with Crippen LogP contribution in [0.1, 0.15) is 59.3 Å². The highest BCUT2D eigenvalue weighted by atomic mass is 16.6. The smallest absolute Gasteiger partial charge is 0.410 e. The number of amides is 3. The van der Waals surface area contributed by atoms with E-state index in [-0.39, 0.29) is 18.2 Å². The topological polar surface area (TPSA) is 61.9 Å². The zero-order chi connectivity index (χ0) is 16.6. The van der Waals surface area contributed by atoms with Crippen molar-refractivity contribution in [3.05, 3.63) is 0 Å². The Balaban J connectivity index is 1.56.